The zero-order chi connectivity index (χ0) is 15.9. The van der Waals surface area contributed by atoms with Crippen molar-refractivity contribution in [3.05, 3.63) is 63.6 Å². The lowest BCUT2D eigenvalue weighted by molar-refractivity contribution is -0.120. The van der Waals surface area contributed by atoms with Gasteiger partial charge in [0.15, 0.2) is 6.61 Å². The van der Waals surface area contributed by atoms with Crippen molar-refractivity contribution >= 4 is 41.0 Å². The quantitative estimate of drug-likeness (QED) is 0.654. The highest BCUT2D eigenvalue weighted by Crippen LogP contribution is 2.19. The maximum absolute atomic E-state index is 11.7. The molecule has 0 atom stereocenters. The minimum atomic E-state index is -0.293. The van der Waals surface area contributed by atoms with Crippen molar-refractivity contribution in [2.24, 2.45) is 5.16 Å². The van der Waals surface area contributed by atoms with E-state index in [0.29, 0.717) is 15.7 Å². The normalized spacial score (nSPS) is 10.7. The summed E-state index contributed by atoms with van der Waals surface area (Å²) in [4.78, 5) is 16.7. The molecule has 0 aliphatic carbocycles. The number of nitrogens with one attached hydrogen (secondary N) is 1. The molecular weight excluding hydrogens is 323 g/mol. The molecule has 0 saturated heterocycles. The van der Waals surface area contributed by atoms with E-state index < -0.39 is 0 Å². The number of hydrogen-bond acceptors (Lipinski definition) is 3. The van der Waals surface area contributed by atoms with Crippen molar-refractivity contribution < 1.29 is 9.63 Å². The van der Waals surface area contributed by atoms with Crippen LogP contribution in [0.25, 0.3) is 0 Å². The molecule has 0 radical (unpaired) electrons. The predicted octanol–water partition coefficient (Wildman–Crippen LogP) is 4.29. The molecule has 0 aliphatic rings. The van der Waals surface area contributed by atoms with E-state index in [1.54, 1.807) is 42.5 Å². The fourth-order valence-electron chi connectivity index (χ4n) is 1.70. The Hall–Kier alpha value is -2.04. The van der Waals surface area contributed by atoms with Crippen LogP contribution in [0, 0.1) is 6.92 Å². The second-order valence-corrected chi connectivity index (χ2v) is 5.44. The summed E-state index contributed by atoms with van der Waals surface area (Å²) in [5.74, 6) is -0.293. The van der Waals surface area contributed by atoms with Crippen LogP contribution < -0.4 is 5.32 Å². The smallest absolute Gasteiger partial charge is 0.265 e. The molecule has 22 heavy (non-hydrogen) atoms. The van der Waals surface area contributed by atoms with Gasteiger partial charge in [-0.1, -0.05) is 40.5 Å². The predicted molar refractivity (Wildman–Crippen MR) is 89.8 cm³/mol. The molecule has 0 saturated carbocycles. The van der Waals surface area contributed by atoms with Gasteiger partial charge in [0.05, 0.1) is 6.21 Å². The molecule has 0 unspecified atom stereocenters. The second kappa shape index (κ2) is 7.82. The molecule has 0 aromatic heterocycles. The second-order valence-electron chi connectivity index (χ2n) is 4.57. The van der Waals surface area contributed by atoms with Gasteiger partial charge in [-0.2, -0.15) is 0 Å². The maximum Gasteiger partial charge on any atom is 0.265 e. The van der Waals surface area contributed by atoms with E-state index in [0.717, 1.165) is 11.1 Å². The number of rotatable bonds is 5. The molecule has 114 valence electrons. The van der Waals surface area contributed by atoms with Crippen LogP contribution in [0.4, 0.5) is 5.69 Å². The topological polar surface area (TPSA) is 50.7 Å². The Bertz CT molecular complexity index is 685. The molecule has 0 fully saturated rings. The Morgan fingerprint density at radius 2 is 1.86 bits per heavy atom. The first-order valence-corrected chi connectivity index (χ1v) is 7.27. The van der Waals surface area contributed by atoms with E-state index in [9.17, 15) is 4.79 Å². The summed E-state index contributed by atoms with van der Waals surface area (Å²) in [7, 11) is 0. The highest BCUT2D eigenvalue weighted by Gasteiger charge is 2.05. The van der Waals surface area contributed by atoms with E-state index in [-0.39, 0.29) is 12.5 Å². The Kier molecular flexibility index (Phi) is 5.81. The molecule has 0 heterocycles. The van der Waals surface area contributed by atoms with E-state index in [1.165, 1.54) is 6.21 Å². The van der Waals surface area contributed by atoms with E-state index in [1.807, 2.05) is 6.92 Å². The zero-order valence-electron chi connectivity index (χ0n) is 11.8. The summed E-state index contributed by atoms with van der Waals surface area (Å²) in [6.45, 7) is 1.69. The van der Waals surface area contributed by atoms with Crippen LogP contribution in [0.3, 0.4) is 0 Å². The first-order valence-electron chi connectivity index (χ1n) is 6.51. The van der Waals surface area contributed by atoms with Gasteiger partial charge in [-0.05, 0) is 48.4 Å². The molecule has 2 aromatic carbocycles. The largest absolute Gasteiger partial charge is 0.386 e. The van der Waals surface area contributed by atoms with E-state index >= 15 is 0 Å². The number of benzene rings is 2. The van der Waals surface area contributed by atoms with Crippen molar-refractivity contribution in [2.45, 2.75) is 6.92 Å². The summed E-state index contributed by atoms with van der Waals surface area (Å²) in [5.41, 5.74) is 2.41. The lowest BCUT2D eigenvalue weighted by Gasteiger charge is -2.07. The van der Waals surface area contributed by atoms with Crippen LogP contribution in [0.5, 0.6) is 0 Å². The highest BCUT2D eigenvalue weighted by atomic mass is 35.5. The van der Waals surface area contributed by atoms with Gasteiger partial charge in [-0.25, -0.2) is 0 Å². The van der Waals surface area contributed by atoms with Crippen LogP contribution in [0.1, 0.15) is 11.1 Å². The van der Waals surface area contributed by atoms with Crippen LogP contribution in [0.2, 0.25) is 10.0 Å². The number of aryl methyl sites for hydroxylation is 1. The number of carbonyl (C=O) groups is 1. The van der Waals surface area contributed by atoms with Gasteiger partial charge in [0.25, 0.3) is 5.91 Å². The van der Waals surface area contributed by atoms with Gasteiger partial charge < -0.3 is 10.2 Å². The van der Waals surface area contributed by atoms with Crippen LogP contribution in [0.15, 0.2) is 47.6 Å². The fraction of sp³-hybridized carbons (Fsp3) is 0.125. The fourth-order valence-corrected chi connectivity index (χ4v) is 2.05. The van der Waals surface area contributed by atoms with Gasteiger partial charge in [0.2, 0.25) is 0 Å². The molecule has 4 nitrogen and oxygen atoms in total. The lowest BCUT2D eigenvalue weighted by atomic mass is 10.2. The molecule has 0 aliphatic heterocycles. The van der Waals surface area contributed by atoms with Gasteiger partial charge >= 0.3 is 0 Å². The molecular formula is C16H14Cl2N2O2. The number of nitrogens with zero attached hydrogens (tertiary/aromatic N) is 1. The minimum Gasteiger partial charge on any atom is -0.386 e. The number of hydrogen-bond donors (Lipinski definition) is 1. The molecule has 2 rings (SSSR count). The van der Waals surface area contributed by atoms with E-state index in [2.05, 4.69) is 10.5 Å². The number of oxime groups is 1. The zero-order valence-corrected chi connectivity index (χ0v) is 13.4. The Labute approximate surface area is 138 Å². The van der Waals surface area contributed by atoms with E-state index in [4.69, 9.17) is 28.0 Å². The molecule has 2 aromatic rings. The van der Waals surface area contributed by atoms with Crippen molar-refractivity contribution in [3.63, 3.8) is 0 Å². The average Bonchev–Trinajstić information content (AvgIpc) is 2.48. The molecule has 0 spiro atoms. The van der Waals surface area contributed by atoms with Crippen molar-refractivity contribution in [2.75, 3.05) is 11.9 Å². The van der Waals surface area contributed by atoms with Gasteiger partial charge in [0, 0.05) is 15.7 Å². The standard InChI is InChI=1S/C16H14Cl2N2O2/c1-11-8-14(18)6-7-15(11)20-16(21)10-22-19-9-12-2-4-13(17)5-3-12/h2-9H,10H2,1H3,(H,20,21)/b19-9-. The molecule has 1 amide bonds. The third kappa shape index (κ3) is 5.06. The van der Waals surface area contributed by atoms with Crippen LogP contribution >= 0.6 is 23.2 Å². The lowest BCUT2D eigenvalue weighted by Crippen LogP contribution is -2.17. The SMILES string of the molecule is Cc1cc(Cl)ccc1NC(=O)CO/N=C\c1ccc(Cl)cc1. The summed E-state index contributed by atoms with van der Waals surface area (Å²) in [5, 5.41) is 7.74. The van der Waals surface area contributed by atoms with Gasteiger partial charge in [-0.3, -0.25) is 4.79 Å². The molecule has 1 N–H and O–H groups in total. The summed E-state index contributed by atoms with van der Waals surface area (Å²) < 4.78 is 0. The minimum absolute atomic E-state index is 0.174. The number of halogens is 2. The van der Waals surface area contributed by atoms with Gasteiger partial charge in [-0.15, -0.1) is 0 Å². The van der Waals surface area contributed by atoms with Crippen LogP contribution in [-0.2, 0) is 9.63 Å². The monoisotopic (exact) mass is 336 g/mol. The summed E-state index contributed by atoms with van der Waals surface area (Å²) in [6.07, 6.45) is 1.51. The summed E-state index contributed by atoms with van der Waals surface area (Å²) >= 11 is 11.6. The number of anilines is 1. The Morgan fingerprint density at radius 3 is 2.55 bits per heavy atom. The third-order valence-corrected chi connectivity index (χ3v) is 3.29. The number of amides is 1. The Balaban J connectivity index is 1.81. The van der Waals surface area contributed by atoms with Crippen LogP contribution in [-0.4, -0.2) is 18.7 Å². The summed E-state index contributed by atoms with van der Waals surface area (Å²) in [6, 6.07) is 12.3. The maximum atomic E-state index is 11.7. The van der Waals surface area contributed by atoms with Gasteiger partial charge in [0.1, 0.15) is 0 Å². The average molecular weight is 337 g/mol. The third-order valence-electron chi connectivity index (χ3n) is 2.80. The number of carbonyl (C=O) groups excluding carboxylic acids is 1. The first-order chi connectivity index (χ1) is 10.5. The van der Waals surface area contributed by atoms with Crippen molar-refractivity contribution in [1.82, 2.24) is 0 Å². The molecule has 6 heteroatoms. The highest BCUT2D eigenvalue weighted by molar-refractivity contribution is 6.31. The van der Waals surface area contributed by atoms with Crippen molar-refractivity contribution in [1.29, 1.82) is 0 Å². The Morgan fingerprint density at radius 1 is 1.18 bits per heavy atom. The van der Waals surface area contributed by atoms with Crippen molar-refractivity contribution in [3.8, 4) is 0 Å². The molecule has 0 bridgehead atoms. The first kappa shape index (κ1) is 16.3.